The summed E-state index contributed by atoms with van der Waals surface area (Å²) in [6.07, 6.45) is 0. The van der Waals surface area contributed by atoms with E-state index in [9.17, 15) is 10.1 Å². The van der Waals surface area contributed by atoms with Crippen LogP contribution in [-0.4, -0.2) is 22.7 Å². The number of nitrogens with zero attached hydrogens (tertiary/aromatic N) is 1. The molecule has 1 atom stereocenters. The molecule has 0 radical (unpaired) electrons. The van der Waals surface area contributed by atoms with Gasteiger partial charge in [0.05, 0.1) is 11.5 Å². The van der Waals surface area contributed by atoms with E-state index < -0.39 is 4.92 Å². The number of aliphatic hydroxyl groups excluding tert-OH is 1. The van der Waals surface area contributed by atoms with E-state index in [4.69, 9.17) is 5.11 Å². The SMILES string of the molecule is C[C@H](CO)NCc1csc([N+](=O)[O-])c1. The summed E-state index contributed by atoms with van der Waals surface area (Å²) < 4.78 is 0. The average Bonchev–Trinajstić information content (AvgIpc) is 2.62. The highest BCUT2D eigenvalue weighted by Crippen LogP contribution is 2.22. The molecule has 0 aliphatic heterocycles. The van der Waals surface area contributed by atoms with Crippen molar-refractivity contribution in [3.8, 4) is 0 Å². The largest absolute Gasteiger partial charge is 0.395 e. The molecule has 1 heterocycles. The third kappa shape index (κ3) is 3.06. The van der Waals surface area contributed by atoms with Gasteiger partial charge in [0, 0.05) is 24.0 Å². The first kappa shape index (κ1) is 11.1. The van der Waals surface area contributed by atoms with Crippen LogP contribution in [0.2, 0.25) is 0 Å². The molecule has 0 amide bonds. The maximum Gasteiger partial charge on any atom is 0.324 e. The summed E-state index contributed by atoms with van der Waals surface area (Å²) in [6, 6.07) is 1.55. The van der Waals surface area contributed by atoms with Crippen molar-refractivity contribution in [1.82, 2.24) is 5.32 Å². The van der Waals surface area contributed by atoms with Gasteiger partial charge in [-0.15, -0.1) is 0 Å². The Labute approximate surface area is 85.5 Å². The fourth-order valence-corrected chi connectivity index (χ4v) is 1.64. The van der Waals surface area contributed by atoms with E-state index in [0.717, 1.165) is 16.9 Å². The van der Waals surface area contributed by atoms with Crippen LogP contribution < -0.4 is 5.32 Å². The minimum absolute atomic E-state index is 0.00829. The molecule has 1 rings (SSSR count). The number of aliphatic hydroxyl groups is 1. The van der Waals surface area contributed by atoms with Crippen molar-refractivity contribution in [3.05, 3.63) is 27.1 Å². The van der Waals surface area contributed by atoms with E-state index in [1.54, 1.807) is 11.4 Å². The van der Waals surface area contributed by atoms with Crippen molar-refractivity contribution in [3.63, 3.8) is 0 Å². The average molecular weight is 216 g/mol. The molecule has 0 aromatic carbocycles. The Bertz CT molecular complexity index is 313. The Morgan fingerprint density at radius 2 is 2.50 bits per heavy atom. The number of hydrogen-bond acceptors (Lipinski definition) is 5. The van der Waals surface area contributed by atoms with Crippen LogP contribution in [0.4, 0.5) is 5.00 Å². The third-order valence-corrected chi connectivity index (χ3v) is 2.68. The van der Waals surface area contributed by atoms with Crippen LogP contribution in [0.3, 0.4) is 0 Å². The van der Waals surface area contributed by atoms with Crippen molar-refractivity contribution < 1.29 is 10.0 Å². The lowest BCUT2D eigenvalue weighted by atomic mass is 10.3. The smallest absolute Gasteiger partial charge is 0.324 e. The van der Waals surface area contributed by atoms with Crippen LogP contribution in [0, 0.1) is 10.1 Å². The van der Waals surface area contributed by atoms with Gasteiger partial charge in [-0.05, 0) is 12.5 Å². The summed E-state index contributed by atoms with van der Waals surface area (Å²) in [5.41, 5.74) is 0.877. The van der Waals surface area contributed by atoms with Crippen LogP contribution in [0.25, 0.3) is 0 Å². The molecule has 2 N–H and O–H groups in total. The van der Waals surface area contributed by atoms with E-state index >= 15 is 0 Å². The van der Waals surface area contributed by atoms with Crippen molar-refractivity contribution in [2.24, 2.45) is 0 Å². The van der Waals surface area contributed by atoms with Gasteiger partial charge in [-0.2, -0.15) is 0 Å². The van der Waals surface area contributed by atoms with Gasteiger partial charge in [0.2, 0.25) is 0 Å². The lowest BCUT2D eigenvalue weighted by molar-refractivity contribution is -0.380. The van der Waals surface area contributed by atoms with Crippen molar-refractivity contribution in [2.75, 3.05) is 6.61 Å². The van der Waals surface area contributed by atoms with Crippen LogP contribution in [0.5, 0.6) is 0 Å². The molecule has 1 aromatic heterocycles. The molecule has 14 heavy (non-hydrogen) atoms. The highest BCUT2D eigenvalue weighted by Gasteiger charge is 2.09. The van der Waals surface area contributed by atoms with Gasteiger partial charge in [0.15, 0.2) is 0 Å². The summed E-state index contributed by atoms with van der Waals surface area (Å²) >= 11 is 1.12. The zero-order chi connectivity index (χ0) is 10.6. The highest BCUT2D eigenvalue weighted by molar-refractivity contribution is 7.13. The van der Waals surface area contributed by atoms with E-state index in [-0.39, 0.29) is 17.6 Å². The summed E-state index contributed by atoms with van der Waals surface area (Å²) in [4.78, 5) is 9.96. The number of nitrogens with one attached hydrogen (secondary N) is 1. The Hall–Kier alpha value is -0.980. The molecule has 5 nitrogen and oxygen atoms in total. The van der Waals surface area contributed by atoms with Gasteiger partial charge >= 0.3 is 5.00 Å². The predicted molar refractivity (Wildman–Crippen MR) is 54.4 cm³/mol. The Morgan fingerprint density at radius 3 is 3.00 bits per heavy atom. The highest BCUT2D eigenvalue weighted by atomic mass is 32.1. The quantitative estimate of drug-likeness (QED) is 0.571. The van der Waals surface area contributed by atoms with Gasteiger partial charge in [-0.3, -0.25) is 10.1 Å². The minimum atomic E-state index is -0.399. The van der Waals surface area contributed by atoms with E-state index in [1.807, 2.05) is 6.92 Å². The number of nitro groups is 1. The topological polar surface area (TPSA) is 75.4 Å². The maximum atomic E-state index is 10.4. The van der Waals surface area contributed by atoms with Crippen LogP contribution in [0.1, 0.15) is 12.5 Å². The molecule has 0 fully saturated rings. The molecule has 0 aliphatic rings. The first-order valence-corrected chi connectivity index (χ1v) is 5.07. The first-order valence-electron chi connectivity index (χ1n) is 4.19. The predicted octanol–water partition coefficient (Wildman–Crippen LogP) is 1.13. The summed E-state index contributed by atoms with van der Waals surface area (Å²) in [5, 5.41) is 24.0. The van der Waals surface area contributed by atoms with Gasteiger partial charge in [-0.1, -0.05) is 11.3 Å². The minimum Gasteiger partial charge on any atom is -0.395 e. The van der Waals surface area contributed by atoms with Gasteiger partial charge in [0.25, 0.3) is 0 Å². The standard InChI is InChI=1S/C8H12N2O3S/c1-6(4-11)9-3-7-2-8(10(12)13)14-5-7/h2,5-6,9,11H,3-4H2,1H3/t6-/m1/s1. The molecular weight excluding hydrogens is 204 g/mol. The monoisotopic (exact) mass is 216 g/mol. The second-order valence-electron chi connectivity index (χ2n) is 3.01. The zero-order valence-electron chi connectivity index (χ0n) is 7.77. The number of rotatable bonds is 5. The molecule has 1 aromatic rings. The van der Waals surface area contributed by atoms with E-state index in [0.29, 0.717) is 6.54 Å². The molecule has 0 saturated carbocycles. The third-order valence-electron chi connectivity index (χ3n) is 1.75. The molecule has 0 unspecified atom stereocenters. The number of thiophene rings is 1. The molecule has 0 spiro atoms. The summed E-state index contributed by atoms with van der Waals surface area (Å²) in [7, 11) is 0. The van der Waals surface area contributed by atoms with Gasteiger partial charge in [0.1, 0.15) is 0 Å². The van der Waals surface area contributed by atoms with Crippen LogP contribution in [-0.2, 0) is 6.54 Å². The molecule has 78 valence electrons. The fraction of sp³-hybridized carbons (Fsp3) is 0.500. The second-order valence-corrected chi connectivity index (χ2v) is 3.90. The summed E-state index contributed by atoms with van der Waals surface area (Å²) in [5.74, 6) is 0. The van der Waals surface area contributed by atoms with Crippen molar-refractivity contribution >= 4 is 16.3 Å². The Kier molecular flexibility index (Phi) is 3.99. The normalized spacial score (nSPS) is 12.7. The lowest BCUT2D eigenvalue weighted by Crippen LogP contribution is -2.28. The van der Waals surface area contributed by atoms with Crippen LogP contribution >= 0.6 is 11.3 Å². The van der Waals surface area contributed by atoms with Crippen molar-refractivity contribution in [1.29, 1.82) is 0 Å². The number of hydrogen-bond donors (Lipinski definition) is 2. The Morgan fingerprint density at radius 1 is 1.79 bits per heavy atom. The molecule has 0 aliphatic carbocycles. The van der Waals surface area contributed by atoms with Crippen LogP contribution in [0.15, 0.2) is 11.4 Å². The maximum absolute atomic E-state index is 10.4. The van der Waals surface area contributed by atoms with Gasteiger partial charge < -0.3 is 10.4 Å². The van der Waals surface area contributed by atoms with Crippen molar-refractivity contribution in [2.45, 2.75) is 19.5 Å². The molecule has 0 saturated heterocycles. The Balaban J connectivity index is 2.48. The second kappa shape index (κ2) is 5.04. The molecular formula is C8H12N2O3S. The summed E-state index contributed by atoms with van der Waals surface area (Å²) in [6.45, 7) is 2.46. The van der Waals surface area contributed by atoms with E-state index in [1.165, 1.54) is 0 Å². The fourth-order valence-electron chi connectivity index (χ4n) is 0.908. The van der Waals surface area contributed by atoms with E-state index in [2.05, 4.69) is 5.32 Å². The lowest BCUT2D eigenvalue weighted by Gasteiger charge is -2.08. The zero-order valence-corrected chi connectivity index (χ0v) is 8.58. The first-order chi connectivity index (χ1) is 6.63. The molecule has 6 heteroatoms. The van der Waals surface area contributed by atoms with Gasteiger partial charge in [-0.25, -0.2) is 0 Å². The molecule has 0 bridgehead atoms.